The molecule has 0 bridgehead atoms. The van der Waals surface area contributed by atoms with Gasteiger partial charge in [-0.05, 0) is 25.2 Å². The molecule has 0 aliphatic rings. The van der Waals surface area contributed by atoms with Crippen LogP contribution in [0.3, 0.4) is 0 Å². The van der Waals surface area contributed by atoms with Crippen molar-refractivity contribution in [3.05, 3.63) is 0 Å². The van der Waals surface area contributed by atoms with Crippen molar-refractivity contribution < 1.29 is 10.2 Å². The van der Waals surface area contributed by atoms with Crippen LogP contribution in [0.2, 0.25) is 0 Å². The van der Waals surface area contributed by atoms with Crippen molar-refractivity contribution in [3.8, 4) is 0 Å². The Bertz CT molecular complexity index is 141. The minimum absolute atomic E-state index is 0.00766. The van der Waals surface area contributed by atoms with Gasteiger partial charge in [0.25, 0.3) is 0 Å². The van der Waals surface area contributed by atoms with Gasteiger partial charge in [0.05, 0.1) is 5.60 Å². The van der Waals surface area contributed by atoms with E-state index >= 15 is 0 Å². The van der Waals surface area contributed by atoms with Gasteiger partial charge >= 0.3 is 0 Å². The van der Waals surface area contributed by atoms with Gasteiger partial charge in [-0.15, -0.1) is 0 Å². The summed E-state index contributed by atoms with van der Waals surface area (Å²) in [6, 6.07) is 0. The lowest BCUT2D eigenvalue weighted by Crippen LogP contribution is -2.40. The fourth-order valence-corrected chi connectivity index (χ4v) is 1.98. The Kier molecular flexibility index (Phi) is 4.40. The van der Waals surface area contributed by atoms with E-state index in [1.807, 2.05) is 13.8 Å². The molecule has 0 rings (SSSR count). The average Bonchev–Trinajstić information content (AvgIpc) is 1.83. The predicted octanol–water partition coefficient (Wildman–Crippen LogP) is 2.19. The Morgan fingerprint density at radius 2 is 1.62 bits per heavy atom. The molecule has 0 aliphatic heterocycles. The molecule has 0 radical (unpaired) electrons. The fraction of sp³-hybridized carbons (Fsp3) is 1.00. The van der Waals surface area contributed by atoms with Crippen LogP contribution in [-0.2, 0) is 0 Å². The minimum Gasteiger partial charge on any atom is -0.396 e. The number of hydrogen-bond acceptors (Lipinski definition) is 2. The molecule has 2 heteroatoms. The van der Waals surface area contributed by atoms with Gasteiger partial charge in [0.2, 0.25) is 0 Å². The SMILES string of the molecule is CCC(CO)C(C)(O)CC(C)(C)C. The van der Waals surface area contributed by atoms with E-state index in [-0.39, 0.29) is 17.9 Å². The summed E-state index contributed by atoms with van der Waals surface area (Å²) in [4.78, 5) is 0. The second-order valence-corrected chi connectivity index (χ2v) is 5.38. The lowest BCUT2D eigenvalue weighted by molar-refractivity contribution is -0.0532. The Hall–Kier alpha value is -0.0800. The molecule has 0 aromatic heterocycles. The van der Waals surface area contributed by atoms with Crippen LogP contribution in [0.15, 0.2) is 0 Å². The summed E-state index contributed by atoms with van der Waals surface area (Å²) in [5.74, 6) is -0.00766. The second kappa shape index (κ2) is 4.43. The van der Waals surface area contributed by atoms with E-state index in [2.05, 4.69) is 20.8 Å². The molecule has 0 amide bonds. The van der Waals surface area contributed by atoms with Crippen molar-refractivity contribution in [1.29, 1.82) is 0 Å². The van der Waals surface area contributed by atoms with E-state index in [1.165, 1.54) is 0 Å². The lowest BCUT2D eigenvalue weighted by Gasteiger charge is -2.36. The van der Waals surface area contributed by atoms with E-state index < -0.39 is 5.60 Å². The van der Waals surface area contributed by atoms with Crippen molar-refractivity contribution in [2.24, 2.45) is 11.3 Å². The molecule has 0 saturated heterocycles. The van der Waals surface area contributed by atoms with E-state index in [0.29, 0.717) is 0 Å². The van der Waals surface area contributed by atoms with Crippen molar-refractivity contribution in [1.82, 2.24) is 0 Å². The van der Waals surface area contributed by atoms with Crippen LogP contribution in [0.4, 0.5) is 0 Å². The summed E-state index contributed by atoms with van der Waals surface area (Å²) in [6.07, 6.45) is 1.54. The molecule has 80 valence electrons. The summed E-state index contributed by atoms with van der Waals surface area (Å²) in [7, 11) is 0. The monoisotopic (exact) mass is 188 g/mol. The zero-order chi connectivity index (χ0) is 10.7. The normalized spacial score (nSPS) is 19.6. The lowest BCUT2D eigenvalue weighted by atomic mass is 9.75. The minimum atomic E-state index is -0.748. The van der Waals surface area contributed by atoms with Crippen LogP contribution in [0.5, 0.6) is 0 Å². The van der Waals surface area contributed by atoms with E-state index in [9.17, 15) is 5.11 Å². The number of hydrogen-bond donors (Lipinski definition) is 2. The largest absolute Gasteiger partial charge is 0.396 e. The average molecular weight is 188 g/mol. The highest BCUT2D eigenvalue weighted by Crippen LogP contribution is 2.33. The molecular weight excluding hydrogens is 164 g/mol. The fourth-order valence-electron chi connectivity index (χ4n) is 1.98. The zero-order valence-corrected chi connectivity index (χ0v) is 9.59. The maximum absolute atomic E-state index is 10.1. The number of rotatable bonds is 4. The van der Waals surface area contributed by atoms with Gasteiger partial charge in [-0.1, -0.05) is 27.7 Å². The molecule has 0 heterocycles. The zero-order valence-electron chi connectivity index (χ0n) is 9.59. The van der Waals surface area contributed by atoms with Crippen LogP contribution < -0.4 is 0 Å². The van der Waals surface area contributed by atoms with Crippen LogP contribution in [0, 0.1) is 11.3 Å². The van der Waals surface area contributed by atoms with Gasteiger partial charge < -0.3 is 10.2 Å². The number of aliphatic hydroxyl groups is 2. The molecule has 2 unspecified atom stereocenters. The van der Waals surface area contributed by atoms with Crippen molar-refractivity contribution in [2.75, 3.05) is 6.61 Å². The smallest absolute Gasteiger partial charge is 0.0674 e. The van der Waals surface area contributed by atoms with Crippen molar-refractivity contribution in [2.45, 2.75) is 53.1 Å². The Morgan fingerprint density at radius 1 is 1.15 bits per heavy atom. The first-order valence-electron chi connectivity index (χ1n) is 5.06. The van der Waals surface area contributed by atoms with Gasteiger partial charge in [0, 0.05) is 12.5 Å². The third kappa shape index (κ3) is 4.63. The molecular formula is C11H24O2. The summed E-state index contributed by atoms with van der Waals surface area (Å²) in [6.45, 7) is 10.2. The van der Waals surface area contributed by atoms with Gasteiger partial charge in [-0.3, -0.25) is 0 Å². The summed E-state index contributed by atoms with van der Waals surface area (Å²) in [5.41, 5.74) is -0.645. The molecule has 0 fully saturated rings. The summed E-state index contributed by atoms with van der Waals surface area (Å²) >= 11 is 0. The van der Waals surface area contributed by atoms with Crippen LogP contribution >= 0.6 is 0 Å². The van der Waals surface area contributed by atoms with Gasteiger partial charge in [-0.2, -0.15) is 0 Å². The molecule has 0 spiro atoms. The molecule has 2 nitrogen and oxygen atoms in total. The Morgan fingerprint density at radius 3 is 1.85 bits per heavy atom. The van der Waals surface area contributed by atoms with Crippen molar-refractivity contribution >= 4 is 0 Å². The van der Waals surface area contributed by atoms with E-state index in [4.69, 9.17) is 5.11 Å². The molecule has 0 aromatic rings. The van der Waals surface area contributed by atoms with Crippen molar-refractivity contribution in [3.63, 3.8) is 0 Å². The number of aliphatic hydroxyl groups excluding tert-OH is 1. The molecule has 0 aromatic carbocycles. The molecule has 2 N–H and O–H groups in total. The van der Waals surface area contributed by atoms with Crippen LogP contribution in [0.1, 0.15) is 47.5 Å². The second-order valence-electron chi connectivity index (χ2n) is 5.38. The molecule has 2 atom stereocenters. The molecule has 0 aliphatic carbocycles. The highest BCUT2D eigenvalue weighted by molar-refractivity contribution is 4.85. The van der Waals surface area contributed by atoms with Gasteiger partial charge in [-0.25, -0.2) is 0 Å². The summed E-state index contributed by atoms with van der Waals surface area (Å²) < 4.78 is 0. The first kappa shape index (κ1) is 12.9. The molecule has 13 heavy (non-hydrogen) atoms. The maximum atomic E-state index is 10.1. The van der Waals surface area contributed by atoms with E-state index in [0.717, 1.165) is 12.8 Å². The Balaban J connectivity index is 4.36. The van der Waals surface area contributed by atoms with Gasteiger partial charge in [0.1, 0.15) is 0 Å². The van der Waals surface area contributed by atoms with E-state index in [1.54, 1.807) is 0 Å². The highest BCUT2D eigenvalue weighted by atomic mass is 16.3. The summed E-state index contributed by atoms with van der Waals surface area (Å²) in [5, 5.41) is 19.2. The quantitative estimate of drug-likeness (QED) is 0.710. The highest BCUT2D eigenvalue weighted by Gasteiger charge is 2.34. The third-order valence-corrected chi connectivity index (χ3v) is 2.48. The van der Waals surface area contributed by atoms with Crippen LogP contribution in [-0.4, -0.2) is 22.4 Å². The molecule has 0 saturated carbocycles. The standard InChI is InChI=1S/C11H24O2/c1-6-9(7-12)11(5,13)8-10(2,3)4/h9,12-13H,6-8H2,1-5H3. The topological polar surface area (TPSA) is 40.5 Å². The van der Waals surface area contributed by atoms with Crippen LogP contribution in [0.25, 0.3) is 0 Å². The first-order chi connectivity index (χ1) is 5.73. The van der Waals surface area contributed by atoms with Gasteiger partial charge in [0.15, 0.2) is 0 Å². The third-order valence-electron chi connectivity index (χ3n) is 2.48. The maximum Gasteiger partial charge on any atom is 0.0674 e. The predicted molar refractivity (Wildman–Crippen MR) is 55.6 cm³/mol. The first-order valence-corrected chi connectivity index (χ1v) is 5.06. The Labute approximate surface area is 82.0 Å².